The van der Waals surface area contributed by atoms with Crippen molar-refractivity contribution in [2.24, 2.45) is 0 Å². The summed E-state index contributed by atoms with van der Waals surface area (Å²) in [7, 11) is 0. The number of H-pyrrole nitrogens is 1. The molecule has 0 radical (unpaired) electrons. The van der Waals surface area contributed by atoms with Crippen LogP contribution in [0, 0.1) is 0 Å². The average Bonchev–Trinajstić information content (AvgIpc) is 2.30. The Hall–Kier alpha value is -2.49. The molecule has 4 N–H and O–H groups in total. The maximum atomic E-state index is 12.2. The molecule has 0 bridgehead atoms. The van der Waals surface area contributed by atoms with Crippen LogP contribution in [0.1, 0.15) is 0 Å². The van der Waals surface area contributed by atoms with Crippen LogP contribution >= 0.6 is 0 Å². The lowest BCUT2D eigenvalue weighted by Gasteiger charge is -2.04. The lowest BCUT2D eigenvalue weighted by atomic mass is 10.1. The normalized spacial score (nSPS) is 11.1. The summed E-state index contributed by atoms with van der Waals surface area (Å²) in [6.45, 7) is 0. The van der Waals surface area contributed by atoms with Crippen molar-refractivity contribution < 1.29 is 5.11 Å². The third-order valence-electron chi connectivity index (χ3n) is 2.83. The van der Waals surface area contributed by atoms with E-state index in [0.717, 1.165) is 0 Å². The summed E-state index contributed by atoms with van der Waals surface area (Å²) in [5, 5.41) is 10.5. The van der Waals surface area contributed by atoms with Crippen LogP contribution in [0.25, 0.3) is 21.8 Å². The number of aromatic hydroxyl groups is 1. The zero-order chi connectivity index (χ0) is 12.0. The molecule has 0 saturated carbocycles. The second-order valence-corrected chi connectivity index (χ2v) is 3.96. The molecular formula is C13H10N2O2. The highest BCUT2D eigenvalue weighted by Gasteiger charge is 2.08. The largest absolute Gasteiger partial charge is 0.507 e. The molecule has 1 heterocycles. The third kappa shape index (κ3) is 1.34. The molecule has 17 heavy (non-hydrogen) atoms. The number of fused-ring (bicyclic) bond motifs is 2. The quantitative estimate of drug-likeness (QED) is 0.405. The second kappa shape index (κ2) is 3.25. The van der Waals surface area contributed by atoms with Crippen LogP contribution < -0.4 is 11.2 Å². The highest BCUT2D eigenvalue weighted by molar-refractivity contribution is 5.96. The maximum Gasteiger partial charge on any atom is 0.201 e. The summed E-state index contributed by atoms with van der Waals surface area (Å²) < 4.78 is 0. The minimum absolute atomic E-state index is 0.0203. The van der Waals surface area contributed by atoms with Gasteiger partial charge in [-0.2, -0.15) is 0 Å². The van der Waals surface area contributed by atoms with Crippen LogP contribution in [0.3, 0.4) is 0 Å². The molecule has 3 aromatic rings. The summed E-state index contributed by atoms with van der Waals surface area (Å²) >= 11 is 0. The first-order valence-corrected chi connectivity index (χ1v) is 5.20. The minimum atomic E-state index is -0.209. The number of phenols is 1. The second-order valence-electron chi connectivity index (χ2n) is 3.96. The molecule has 1 aromatic heterocycles. The number of phenolic OH excluding ortho intramolecular Hbond substituents is 1. The summed E-state index contributed by atoms with van der Waals surface area (Å²) in [4.78, 5) is 15.3. The fraction of sp³-hybridized carbons (Fsp3) is 0. The van der Waals surface area contributed by atoms with Gasteiger partial charge in [0.2, 0.25) is 5.43 Å². The van der Waals surface area contributed by atoms with Gasteiger partial charge in [0.15, 0.2) is 0 Å². The Morgan fingerprint density at radius 3 is 2.76 bits per heavy atom. The van der Waals surface area contributed by atoms with Gasteiger partial charge >= 0.3 is 0 Å². The number of rotatable bonds is 0. The number of pyridine rings is 1. The van der Waals surface area contributed by atoms with Gasteiger partial charge in [-0.15, -0.1) is 0 Å². The van der Waals surface area contributed by atoms with Crippen molar-refractivity contribution in [2.75, 3.05) is 5.73 Å². The molecule has 0 fully saturated rings. The van der Waals surface area contributed by atoms with E-state index in [9.17, 15) is 9.90 Å². The van der Waals surface area contributed by atoms with E-state index in [4.69, 9.17) is 5.73 Å². The lowest BCUT2D eigenvalue weighted by molar-refractivity contribution is 0.481. The van der Waals surface area contributed by atoms with Gasteiger partial charge in [-0.1, -0.05) is 6.07 Å². The summed E-state index contributed by atoms with van der Waals surface area (Å²) in [5.41, 5.74) is 7.30. The van der Waals surface area contributed by atoms with E-state index in [1.54, 1.807) is 30.3 Å². The number of hydrogen-bond donors (Lipinski definition) is 3. The Morgan fingerprint density at radius 1 is 1.12 bits per heavy atom. The first-order valence-electron chi connectivity index (χ1n) is 5.20. The molecule has 0 aliphatic carbocycles. The van der Waals surface area contributed by atoms with Crippen molar-refractivity contribution >= 4 is 27.5 Å². The molecule has 0 amide bonds. The monoisotopic (exact) mass is 226 g/mol. The van der Waals surface area contributed by atoms with Crippen LogP contribution in [0.4, 0.5) is 5.69 Å². The Bertz CT molecular complexity index is 790. The highest BCUT2D eigenvalue weighted by Crippen LogP contribution is 2.23. The van der Waals surface area contributed by atoms with E-state index in [0.29, 0.717) is 27.5 Å². The zero-order valence-electron chi connectivity index (χ0n) is 8.90. The van der Waals surface area contributed by atoms with E-state index in [1.165, 1.54) is 6.07 Å². The molecule has 4 heteroatoms. The van der Waals surface area contributed by atoms with Crippen LogP contribution in [-0.2, 0) is 0 Å². The predicted molar refractivity (Wildman–Crippen MR) is 68.2 cm³/mol. The van der Waals surface area contributed by atoms with Gasteiger partial charge in [-0.05, 0) is 30.3 Å². The van der Waals surface area contributed by atoms with E-state index in [2.05, 4.69) is 4.98 Å². The van der Waals surface area contributed by atoms with Crippen molar-refractivity contribution in [3.8, 4) is 5.75 Å². The van der Waals surface area contributed by atoms with E-state index >= 15 is 0 Å². The Balaban J connectivity index is 2.63. The molecule has 3 rings (SSSR count). The van der Waals surface area contributed by atoms with Gasteiger partial charge in [0, 0.05) is 16.6 Å². The van der Waals surface area contributed by atoms with Gasteiger partial charge < -0.3 is 15.8 Å². The van der Waals surface area contributed by atoms with Crippen LogP contribution in [0.2, 0.25) is 0 Å². The van der Waals surface area contributed by atoms with Crippen LogP contribution in [0.15, 0.2) is 41.2 Å². The highest BCUT2D eigenvalue weighted by atomic mass is 16.3. The summed E-state index contributed by atoms with van der Waals surface area (Å²) in [5.74, 6) is -0.0203. The standard InChI is InChI=1S/C13H10N2O2/c14-7-4-5-9-8(6-7)13(17)12-10(15-9)2-1-3-11(12)16/h1-6,16H,14H2,(H,15,17). The molecular weight excluding hydrogens is 216 g/mol. The Morgan fingerprint density at radius 2 is 1.94 bits per heavy atom. The van der Waals surface area contributed by atoms with Gasteiger partial charge in [0.05, 0.1) is 10.9 Å². The number of aromatic amines is 1. The van der Waals surface area contributed by atoms with Gasteiger partial charge in [0.1, 0.15) is 5.75 Å². The first kappa shape index (κ1) is 9.72. The van der Waals surface area contributed by atoms with Gasteiger partial charge in [-0.3, -0.25) is 4.79 Å². The predicted octanol–water partition coefficient (Wildman–Crippen LogP) is 1.97. The molecule has 0 aliphatic rings. The minimum Gasteiger partial charge on any atom is -0.507 e. The van der Waals surface area contributed by atoms with Crippen molar-refractivity contribution in [1.82, 2.24) is 4.98 Å². The van der Waals surface area contributed by atoms with E-state index in [1.807, 2.05) is 0 Å². The number of nitrogens with one attached hydrogen (secondary N) is 1. The van der Waals surface area contributed by atoms with Crippen molar-refractivity contribution in [3.63, 3.8) is 0 Å². The van der Waals surface area contributed by atoms with Gasteiger partial charge in [-0.25, -0.2) is 0 Å². The maximum absolute atomic E-state index is 12.2. The molecule has 0 aliphatic heterocycles. The summed E-state index contributed by atoms with van der Waals surface area (Å²) in [6.07, 6.45) is 0. The zero-order valence-corrected chi connectivity index (χ0v) is 8.90. The average molecular weight is 226 g/mol. The smallest absolute Gasteiger partial charge is 0.201 e. The van der Waals surface area contributed by atoms with Crippen LogP contribution in [0.5, 0.6) is 5.75 Å². The molecule has 0 saturated heterocycles. The number of anilines is 1. The van der Waals surface area contributed by atoms with Crippen molar-refractivity contribution in [1.29, 1.82) is 0 Å². The number of benzene rings is 2. The number of nitrogens with two attached hydrogens (primary N) is 1. The SMILES string of the molecule is Nc1ccc2[nH]c3cccc(O)c3c(=O)c2c1. The molecule has 0 spiro atoms. The number of nitrogen functional groups attached to an aromatic ring is 1. The van der Waals surface area contributed by atoms with E-state index in [-0.39, 0.29) is 11.2 Å². The first-order chi connectivity index (χ1) is 8.16. The molecule has 4 nitrogen and oxygen atoms in total. The number of hydrogen-bond acceptors (Lipinski definition) is 3. The molecule has 0 unspecified atom stereocenters. The fourth-order valence-electron chi connectivity index (χ4n) is 2.02. The van der Waals surface area contributed by atoms with Crippen LogP contribution in [-0.4, -0.2) is 10.1 Å². The molecule has 2 aromatic carbocycles. The molecule has 84 valence electrons. The van der Waals surface area contributed by atoms with Crippen molar-refractivity contribution in [2.45, 2.75) is 0 Å². The van der Waals surface area contributed by atoms with Gasteiger partial charge in [0.25, 0.3) is 0 Å². The third-order valence-corrected chi connectivity index (χ3v) is 2.83. The van der Waals surface area contributed by atoms with E-state index < -0.39 is 0 Å². The Labute approximate surface area is 96.3 Å². The Kier molecular flexibility index (Phi) is 1.86. The topological polar surface area (TPSA) is 79.1 Å². The van der Waals surface area contributed by atoms with Crippen molar-refractivity contribution in [3.05, 3.63) is 46.6 Å². The fourth-order valence-corrected chi connectivity index (χ4v) is 2.02. The summed E-state index contributed by atoms with van der Waals surface area (Å²) in [6, 6.07) is 10.0. The lowest BCUT2D eigenvalue weighted by Crippen LogP contribution is -2.04. The molecule has 0 atom stereocenters. The number of aromatic nitrogens is 1.